The Kier molecular flexibility index (Phi) is 4.10. The zero-order valence-electron chi connectivity index (χ0n) is 18.6. The number of carbonyl (C=O) groups is 1. The number of hydrogen-bond acceptors (Lipinski definition) is 6. The molecule has 0 N–H and O–H groups in total. The molecular formula is C25H21N5O3S. The first kappa shape index (κ1) is 20.9. The maximum Gasteiger partial charge on any atom is 0.260 e. The first-order valence-corrected chi connectivity index (χ1v) is 13.0. The number of amides is 1. The third-order valence-electron chi connectivity index (χ3n) is 7.43. The number of hydrogen-bond donors (Lipinski definition) is 0. The molecule has 3 heterocycles. The number of carbonyl (C=O) groups excluding carboxylic acids is 1. The average molecular weight is 472 g/mol. The van der Waals surface area contributed by atoms with Crippen molar-refractivity contribution in [2.45, 2.75) is 55.0 Å². The highest BCUT2D eigenvalue weighted by Crippen LogP contribution is 2.49. The van der Waals surface area contributed by atoms with Crippen molar-refractivity contribution in [3.8, 4) is 12.1 Å². The van der Waals surface area contributed by atoms with Crippen LogP contribution in [0.1, 0.15) is 59.7 Å². The Hall–Kier alpha value is -3.69. The van der Waals surface area contributed by atoms with Gasteiger partial charge in [-0.1, -0.05) is 25.1 Å². The van der Waals surface area contributed by atoms with Crippen molar-refractivity contribution >= 4 is 27.2 Å². The van der Waals surface area contributed by atoms with Gasteiger partial charge in [-0.2, -0.15) is 10.5 Å². The number of pyridine rings is 1. The molecule has 0 radical (unpaired) electrons. The van der Waals surface area contributed by atoms with Crippen LogP contribution in [0.4, 0.5) is 5.82 Å². The zero-order valence-corrected chi connectivity index (χ0v) is 19.4. The minimum atomic E-state index is -3.75. The Bertz CT molecular complexity index is 1600. The van der Waals surface area contributed by atoms with Crippen LogP contribution >= 0.6 is 0 Å². The fraction of sp³-hybridized carbons (Fsp3) is 0.360. The van der Waals surface area contributed by atoms with E-state index in [1.807, 2.05) is 18.2 Å². The second-order valence-electron chi connectivity index (χ2n) is 9.44. The van der Waals surface area contributed by atoms with Crippen molar-refractivity contribution < 1.29 is 13.2 Å². The van der Waals surface area contributed by atoms with E-state index in [-0.39, 0.29) is 29.0 Å². The fourth-order valence-corrected chi connectivity index (χ4v) is 6.00. The highest BCUT2D eigenvalue weighted by Gasteiger charge is 2.47. The molecule has 0 spiro atoms. The van der Waals surface area contributed by atoms with Gasteiger partial charge in [-0.05, 0) is 54.5 Å². The second kappa shape index (κ2) is 6.68. The largest absolute Gasteiger partial charge is 0.288 e. The molecule has 2 aliphatic carbocycles. The Morgan fingerprint density at radius 1 is 1.03 bits per heavy atom. The number of fused-ring (bicyclic) bond motifs is 2. The van der Waals surface area contributed by atoms with E-state index < -0.39 is 20.7 Å². The predicted octanol–water partition coefficient (Wildman–Crippen LogP) is 3.40. The van der Waals surface area contributed by atoms with Gasteiger partial charge in [0.2, 0.25) is 0 Å². The average Bonchev–Trinajstić information content (AvgIpc) is 3.76. The summed E-state index contributed by atoms with van der Waals surface area (Å²) in [6, 6.07) is 13.7. The van der Waals surface area contributed by atoms with Crippen LogP contribution in [0, 0.1) is 22.7 Å². The van der Waals surface area contributed by atoms with E-state index in [0.717, 1.165) is 42.4 Å². The molecule has 1 amide bonds. The highest BCUT2D eigenvalue weighted by atomic mass is 32.2. The molecule has 8 nitrogen and oxygen atoms in total. The Balaban J connectivity index is 1.49. The number of rotatable bonds is 5. The molecule has 3 aromatic rings. The van der Waals surface area contributed by atoms with Gasteiger partial charge in [-0.3, -0.25) is 14.1 Å². The van der Waals surface area contributed by atoms with Crippen LogP contribution in [0.25, 0.3) is 5.65 Å². The van der Waals surface area contributed by atoms with Crippen LogP contribution < -0.4 is 4.90 Å². The van der Waals surface area contributed by atoms with E-state index >= 15 is 0 Å². The Labute approximate surface area is 197 Å². The monoisotopic (exact) mass is 471 g/mol. The van der Waals surface area contributed by atoms with Gasteiger partial charge < -0.3 is 0 Å². The number of nitriles is 2. The first-order valence-electron chi connectivity index (χ1n) is 11.3. The summed E-state index contributed by atoms with van der Waals surface area (Å²) in [6.45, 7) is 1.77. The van der Waals surface area contributed by atoms with Crippen molar-refractivity contribution in [3.63, 3.8) is 0 Å². The van der Waals surface area contributed by atoms with Crippen molar-refractivity contribution in [1.82, 2.24) is 9.38 Å². The standard InChI is InChI=1S/C25H21N5O3S/c1-2-34(32,33)23-21(28-20-6-5-18(13-29(20)23)25(15-27)9-10-25)30-12-16-3-4-17(11-19(16)22(30)31)24(14-26)7-8-24/h3-6,11,13H,2,7-10,12H2,1H3. The number of aromatic nitrogens is 2. The maximum atomic E-state index is 13.5. The summed E-state index contributed by atoms with van der Waals surface area (Å²) in [5, 5.41) is 19.1. The van der Waals surface area contributed by atoms with Crippen molar-refractivity contribution in [2.24, 2.45) is 0 Å². The van der Waals surface area contributed by atoms with Gasteiger partial charge in [0.25, 0.3) is 5.91 Å². The van der Waals surface area contributed by atoms with Crippen molar-refractivity contribution in [1.29, 1.82) is 10.5 Å². The molecule has 2 saturated carbocycles. The molecule has 1 aliphatic heterocycles. The lowest BCUT2D eigenvalue weighted by Crippen LogP contribution is -2.26. The van der Waals surface area contributed by atoms with Gasteiger partial charge in [-0.25, -0.2) is 13.4 Å². The predicted molar refractivity (Wildman–Crippen MR) is 123 cm³/mol. The second-order valence-corrected chi connectivity index (χ2v) is 11.6. The molecule has 3 aliphatic rings. The summed E-state index contributed by atoms with van der Waals surface area (Å²) in [7, 11) is -3.75. The maximum absolute atomic E-state index is 13.5. The molecule has 2 aromatic heterocycles. The molecule has 2 fully saturated rings. The number of imidazole rings is 1. The molecule has 9 heteroatoms. The van der Waals surface area contributed by atoms with Gasteiger partial charge in [0, 0.05) is 11.8 Å². The van der Waals surface area contributed by atoms with Crippen LogP contribution in [-0.2, 0) is 27.2 Å². The van der Waals surface area contributed by atoms with E-state index in [9.17, 15) is 23.7 Å². The third-order valence-corrected chi connectivity index (χ3v) is 9.16. The normalized spacial score (nSPS) is 19.5. The SMILES string of the molecule is CCS(=O)(=O)c1c(N2Cc3ccc(C4(C#N)CC4)cc3C2=O)nc2ccc(C3(C#N)CC3)cn12. The van der Waals surface area contributed by atoms with Crippen LogP contribution in [0.15, 0.2) is 41.6 Å². The summed E-state index contributed by atoms with van der Waals surface area (Å²) < 4.78 is 27.9. The summed E-state index contributed by atoms with van der Waals surface area (Å²) in [6.07, 6.45) is 4.70. The quantitative estimate of drug-likeness (QED) is 0.563. The molecule has 6 rings (SSSR count). The molecule has 34 heavy (non-hydrogen) atoms. The Morgan fingerprint density at radius 3 is 2.29 bits per heavy atom. The molecule has 0 bridgehead atoms. The van der Waals surface area contributed by atoms with Gasteiger partial charge in [0.1, 0.15) is 5.65 Å². The van der Waals surface area contributed by atoms with E-state index in [1.54, 1.807) is 25.3 Å². The van der Waals surface area contributed by atoms with E-state index in [2.05, 4.69) is 17.1 Å². The fourth-order valence-electron chi connectivity index (χ4n) is 4.85. The van der Waals surface area contributed by atoms with Gasteiger partial charge in [-0.15, -0.1) is 0 Å². The topological polar surface area (TPSA) is 119 Å². The van der Waals surface area contributed by atoms with Crippen LogP contribution in [0.5, 0.6) is 0 Å². The lowest BCUT2D eigenvalue weighted by molar-refractivity contribution is 0.0995. The molecule has 1 aromatic carbocycles. The van der Waals surface area contributed by atoms with E-state index in [4.69, 9.17) is 0 Å². The van der Waals surface area contributed by atoms with Gasteiger partial charge in [0.05, 0.1) is 35.3 Å². The molecule has 0 atom stereocenters. The van der Waals surface area contributed by atoms with E-state index in [0.29, 0.717) is 11.2 Å². The van der Waals surface area contributed by atoms with Crippen LogP contribution in [-0.4, -0.2) is 29.5 Å². The minimum Gasteiger partial charge on any atom is -0.288 e. The molecule has 170 valence electrons. The number of anilines is 1. The smallest absolute Gasteiger partial charge is 0.260 e. The highest BCUT2D eigenvalue weighted by molar-refractivity contribution is 7.91. The van der Waals surface area contributed by atoms with Crippen LogP contribution in [0.3, 0.4) is 0 Å². The minimum absolute atomic E-state index is 0.0299. The lowest BCUT2D eigenvalue weighted by Gasteiger charge is -2.15. The molecule has 0 unspecified atom stereocenters. The van der Waals surface area contributed by atoms with Crippen molar-refractivity contribution in [2.75, 3.05) is 10.7 Å². The van der Waals surface area contributed by atoms with Crippen molar-refractivity contribution in [3.05, 3.63) is 58.8 Å². The number of sulfone groups is 1. The molecule has 0 saturated heterocycles. The number of benzene rings is 1. The summed E-state index contributed by atoms with van der Waals surface area (Å²) in [5.41, 5.74) is 2.16. The summed E-state index contributed by atoms with van der Waals surface area (Å²) >= 11 is 0. The van der Waals surface area contributed by atoms with Crippen LogP contribution in [0.2, 0.25) is 0 Å². The first-order chi connectivity index (χ1) is 16.3. The zero-order chi connectivity index (χ0) is 23.9. The van der Waals surface area contributed by atoms with Gasteiger partial charge >= 0.3 is 0 Å². The van der Waals surface area contributed by atoms with Gasteiger partial charge in [0.15, 0.2) is 20.7 Å². The lowest BCUT2D eigenvalue weighted by atomic mass is 9.94. The summed E-state index contributed by atoms with van der Waals surface area (Å²) in [4.78, 5) is 19.4. The summed E-state index contributed by atoms with van der Waals surface area (Å²) in [5.74, 6) is -0.368. The Morgan fingerprint density at radius 2 is 1.68 bits per heavy atom. The van der Waals surface area contributed by atoms with E-state index in [1.165, 1.54) is 9.30 Å². The molecular weight excluding hydrogens is 450 g/mol. The number of nitrogens with zero attached hydrogens (tertiary/aromatic N) is 5. The third kappa shape index (κ3) is 2.77.